The molecule has 0 bridgehead atoms. The van der Waals surface area contributed by atoms with E-state index in [1.165, 1.54) is 18.2 Å². The number of aryl methyl sites for hydroxylation is 1. The van der Waals surface area contributed by atoms with Gasteiger partial charge in [0.2, 0.25) is 11.8 Å². The van der Waals surface area contributed by atoms with E-state index in [9.17, 15) is 13.2 Å². The number of anilines is 1. The summed E-state index contributed by atoms with van der Waals surface area (Å²) in [6.07, 6.45) is 1.40. The fourth-order valence-corrected chi connectivity index (χ4v) is 5.75. The molecule has 4 N–H and O–H groups in total. The zero-order chi connectivity index (χ0) is 27.7. The topological polar surface area (TPSA) is 146 Å². The summed E-state index contributed by atoms with van der Waals surface area (Å²) in [5, 5.41) is 1.04. The zero-order valence-corrected chi connectivity index (χ0v) is 21.7. The van der Waals surface area contributed by atoms with Gasteiger partial charge in [-0.25, -0.2) is 17.8 Å². The molecule has 0 radical (unpaired) electrons. The van der Waals surface area contributed by atoms with Gasteiger partial charge in [-0.2, -0.15) is 0 Å². The Hall–Kier alpha value is -4.71. The summed E-state index contributed by atoms with van der Waals surface area (Å²) in [5.41, 5.74) is 13.3. The molecule has 39 heavy (non-hydrogen) atoms. The molecule has 0 spiro atoms. The number of benzene rings is 2. The number of primary amides is 1. The molecule has 1 amide bonds. The molecule has 1 aliphatic heterocycles. The summed E-state index contributed by atoms with van der Waals surface area (Å²) in [6, 6.07) is 17.8. The highest BCUT2D eigenvalue weighted by Crippen LogP contribution is 2.29. The number of sulfone groups is 1. The number of nitrogens with zero attached hydrogens (tertiary/aromatic N) is 4. The Labute approximate surface area is 223 Å². The second kappa shape index (κ2) is 10.2. The number of carbonyl (C=O) groups excluding carboxylic acids is 1. The minimum Gasteiger partial charge on any atom is -0.436 e. The number of hydrogen-bond acceptors (Lipinski definition) is 8. The van der Waals surface area contributed by atoms with Crippen molar-refractivity contribution >= 4 is 27.3 Å². The molecule has 1 aliphatic rings. The smallest absolute Gasteiger partial charge is 0.219 e. The maximum atomic E-state index is 15.1. The van der Waals surface area contributed by atoms with E-state index in [0.717, 1.165) is 5.69 Å². The van der Waals surface area contributed by atoms with Gasteiger partial charge in [-0.15, -0.1) is 0 Å². The molecule has 0 unspecified atom stereocenters. The predicted molar refractivity (Wildman–Crippen MR) is 143 cm³/mol. The first-order chi connectivity index (χ1) is 18.6. The molecule has 10 nitrogen and oxygen atoms in total. The summed E-state index contributed by atoms with van der Waals surface area (Å²) in [4.78, 5) is 21.6. The van der Waals surface area contributed by atoms with Gasteiger partial charge in [0, 0.05) is 36.1 Å². The van der Waals surface area contributed by atoms with Crippen LogP contribution in [0.15, 0.2) is 82.8 Å². The van der Waals surface area contributed by atoms with Crippen LogP contribution in [-0.2, 0) is 14.6 Å². The average Bonchev–Trinajstić information content (AvgIpc) is 3.34. The largest absolute Gasteiger partial charge is 0.436 e. The van der Waals surface area contributed by atoms with E-state index in [1.807, 2.05) is 13.0 Å². The minimum absolute atomic E-state index is 0.00302. The monoisotopic (exact) mass is 548 g/mol. The lowest BCUT2D eigenvalue weighted by molar-refractivity contribution is -0.117. The van der Waals surface area contributed by atoms with Gasteiger partial charge in [0.25, 0.3) is 0 Å². The van der Waals surface area contributed by atoms with E-state index in [2.05, 4.69) is 9.98 Å². The highest BCUT2D eigenvalue weighted by molar-refractivity contribution is 7.91. The first kappa shape index (κ1) is 25.9. The molecule has 5 rings (SSSR count). The summed E-state index contributed by atoms with van der Waals surface area (Å²) >= 11 is 0. The number of nitrogens with two attached hydrogens (primary N) is 2. The van der Waals surface area contributed by atoms with E-state index in [1.54, 1.807) is 58.1 Å². The van der Waals surface area contributed by atoms with E-state index >= 15 is 4.39 Å². The van der Waals surface area contributed by atoms with Gasteiger partial charge in [0.1, 0.15) is 17.8 Å². The zero-order valence-electron chi connectivity index (χ0n) is 20.9. The molecule has 0 saturated heterocycles. The van der Waals surface area contributed by atoms with Gasteiger partial charge in [-0.05, 0) is 43.3 Å². The molecular formula is C27H25FN6O4S. The molecule has 0 aliphatic carbocycles. The Morgan fingerprint density at radius 1 is 1.10 bits per heavy atom. The highest BCUT2D eigenvalue weighted by atomic mass is 32.2. The number of pyridine rings is 1. The van der Waals surface area contributed by atoms with Crippen molar-refractivity contribution in [3.63, 3.8) is 0 Å². The lowest BCUT2D eigenvalue weighted by atomic mass is 10.2. The van der Waals surface area contributed by atoms with Crippen molar-refractivity contribution in [3.8, 4) is 17.3 Å². The number of halogens is 1. The second-order valence-corrected chi connectivity index (χ2v) is 10.9. The van der Waals surface area contributed by atoms with Crippen molar-refractivity contribution in [1.29, 1.82) is 0 Å². The van der Waals surface area contributed by atoms with Crippen molar-refractivity contribution in [2.24, 2.45) is 16.5 Å². The minimum atomic E-state index is -3.85. The van der Waals surface area contributed by atoms with Crippen LogP contribution < -0.4 is 31.8 Å². The van der Waals surface area contributed by atoms with Crippen LogP contribution in [0.25, 0.3) is 11.5 Å². The lowest BCUT2D eigenvalue weighted by Gasteiger charge is -2.27. The number of fused-ring (bicyclic) bond motifs is 1. The quantitative estimate of drug-likeness (QED) is 0.342. The fourth-order valence-electron chi connectivity index (χ4n) is 4.27. The summed E-state index contributed by atoms with van der Waals surface area (Å²) in [5.74, 6) is -1.24. The van der Waals surface area contributed by atoms with Gasteiger partial charge in [-0.1, -0.05) is 18.2 Å². The van der Waals surface area contributed by atoms with Crippen LogP contribution in [0.4, 0.5) is 10.1 Å². The molecule has 0 saturated carbocycles. The Morgan fingerprint density at radius 2 is 1.90 bits per heavy atom. The van der Waals surface area contributed by atoms with Gasteiger partial charge in [0.15, 0.2) is 21.4 Å². The van der Waals surface area contributed by atoms with Gasteiger partial charge in [0.05, 0.1) is 21.7 Å². The molecule has 2 aromatic carbocycles. The van der Waals surface area contributed by atoms with Crippen LogP contribution >= 0.6 is 0 Å². The third-order valence-electron chi connectivity index (χ3n) is 6.16. The molecule has 12 heteroatoms. The van der Waals surface area contributed by atoms with E-state index in [4.69, 9.17) is 16.2 Å². The van der Waals surface area contributed by atoms with Gasteiger partial charge in [-0.3, -0.25) is 9.79 Å². The third kappa shape index (κ3) is 5.18. The molecule has 0 atom stereocenters. The molecule has 4 aromatic rings. The lowest BCUT2D eigenvalue weighted by Crippen LogP contribution is -2.46. The number of rotatable bonds is 8. The van der Waals surface area contributed by atoms with Crippen LogP contribution in [-0.4, -0.2) is 36.3 Å². The Bertz CT molecular complexity index is 1820. The summed E-state index contributed by atoms with van der Waals surface area (Å²) in [6.45, 7) is 1.88. The van der Waals surface area contributed by atoms with E-state index in [0.29, 0.717) is 22.1 Å². The molecule has 0 fully saturated rings. The number of carbonyl (C=O) groups is 1. The Balaban J connectivity index is 1.53. The maximum Gasteiger partial charge on any atom is 0.219 e. The first-order valence-electron chi connectivity index (χ1n) is 11.9. The van der Waals surface area contributed by atoms with Gasteiger partial charge < -0.3 is 25.7 Å². The maximum absolute atomic E-state index is 15.1. The van der Waals surface area contributed by atoms with Crippen molar-refractivity contribution in [3.05, 3.63) is 95.1 Å². The predicted octanol–water partition coefficient (Wildman–Crippen LogP) is 1.88. The normalized spacial score (nSPS) is 13.1. The second-order valence-electron chi connectivity index (χ2n) is 8.87. The van der Waals surface area contributed by atoms with Crippen LogP contribution in [0.3, 0.4) is 0 Å². The number of hydrogen-bond donors (Lipinski definition) is 2. The van der Waals surface area contributed by atoms with Crippen molar-refractivity contribution < 1.29 is 22.3 Å². The van der Waals surface area contributed by atoms with Gasteiger partial charge >= 0.3 is 0 Å². The molecular weight excluding hydrogens is 523 g/mol. The number of amides is 1. The standard InChI is InChI=1S/C27H25FN6O4S/c1-17-5-4-8-25(32-17)38-22-10-9-18(15-19(22)28)33-13-11-20-26(33)27(30)34(16-31-20)21-6-2-3-7-23(21)39(36,37)14-12-24(29)35/h2-11,13,15H,12,14,16,30H2,1H3,(H2,29,35). The Kier molecular flexibility index (Phi) is 6.79. The summed E-state index contributed by atoms with van der Waals surface area (Å²) in [7, 11) is -3.85. The number of aromatic nitrogens is 2. The number of para-hydroxylation sites is 1. The van der Waals surface area contributed by atoms with Crippen molar-refractivity contribution in [1.82, 2.24) is 9.55 Å². The van der Waals surface area contributed by atoms with Crippen LogP contribution in [0.1, 0.15) is 12.1 Å². The van der Waals surface area contributed by atoms with Crippen molar-refractivity contribution in [2.75, 3.05) is 17.3 Å². The molecule has 2 aromatic heterocycles. The van der Waals surface area contributed by atoms with Crippen LogP contribution in [0.5, 0.6) is 11.6 Å². The van der Waals surface area contributed by atoms with Crippen LogP contribution in [0.2, 0.25) is 0 Å². The van der Waals surface area contributed by atoms with E-state index < -0.39 is 27.3 Å². The number of ether oxygens (including phenoxy) is 1. The molecule has 200 valence electrons. The summed E-state index contributed by atoms with van der Waals surface area (Å²) < 4.78 is 48.4. The molecule has 3 heterocycles. The Morgan fingerprint density at radius 3 is 2.64 bits per heavy atom. The van der Waals surface area contributed by atoms with Crippen molar-refractivity contribution in [2.45, 2.75) is 18.2 Å². The fraction of sp³-hybridized carbons (Fsp3) is 0.148. The van der Waals surface area contributed by atoms with Crippen LogP contribution in [0, 0.1) is 12.7 Å². The average molecular weight is 549 g/mol. The van der Waals surface area contributed by atoms with E-state index in [-0.39, 0.29) is 35.4 Å². The first-order valence-corrected chi connectivity index (χ1v) is 13.6. The SMILES string of the molecule is Cc1cccc(Oc2ccc(-n3ccc4c3=C(N)N(c3ccccc3S(=O)(=O)CCC(N)=O)CN=4)cc2F)n1. The third-order valence-corrected chi connectivity index (χ3v) is 7.92. The highest BCUT2D eigenvalue weighted by Gasteiger charge is 2.25.